The van der Waals surface area contributed by atoms with Crippen molar-refractivity contribution in [3.05, 3.63) is 34.7 Å². The molecule has 0 unspecified atom stereocenters. The van der Waals surface area contributed by atoms with Crippen LogP contribution in [0.15, 0.2) is 18.3 Å². The number of carbonyl (C=O) groups is 1. The number of hydrogen-bond donors (Lipinski definition) is 1. The van der Waals surface area contributed by atoms with Crippen LogP contribution < -0.4 is 0 Å². The summed E-state index contributed by atoms with van der Waals surface area (Å²) in [6.45, 7) is 0. The molecular formula is C9H4ClF3N2O2. The topological polar surface area (TPSA) is 54.6 Å². The molecule has 0 fully saturated rings. The Labute approximate surface area is 97.3 Å². The number of fused-ring (bicyclic) bond motifs is 1. The Kier molecular flexibility index (Phi) is 2.50. The maximum absolute atomic E-state index is 12.4. The summed E-state index contributed by atoms with van der Waals surface area (Å²) in [5.74, 6) is -1.40. The van der Waals surface area contributed by atoms with E-state index in [0.29, 0.717) is 6.20 Å². The zero-order valence-corrected chi connectivity index (χ0v) is 8.75. The number of aromatic carboxylic acids is 1. The Balaban J connectivity index is 2.70. The second kappa shape index (κ2) is 3.63. The molecule has 0 aliphatic heterocycles. The standard InChI is InChI=1S/C9H4ClF3N2O2/c10-7-6(8(16)17)14-5-2-1-4(3-15(5)7)9(11,12)13/h1-3H,(H,16,17). The van der Waals surface area contributed by atoms with Crippen LogP contribution in [-0.2, 0) is 6.18 Å². The lowest BCUT2D eigenvalue weighted by Gasteiger charge is -2.06. The highest BCUT2D eigenvalue weighted by Crippen LogP contribution is 2.30. The molecule has 2 aromatic heterocycles. The summed E-state index contributed by atoms with van der Waals surface area (Å²) < 4.78 is 38.1. The molecular weight excluding hydrogens is 261 g/mol. The number of rotatable bonds is 1. The summed E-state index contributed by atoms with van der Waals surface area (Å²) in [5, 5.41) is 8.35. The normalized spacial score (nSPS) is 12.0. The summed E-state index contributed by atoms with van der Waals surface area (Å²) in [5.41, 5.74) is -1.37. The van der Waals surface area contributed by atoms with E-state index < -0.39 is 23.4 Å². The minimum absolute atomic E-state index is 0.0420. The summed E-state index contributed by atoms with van der Waals surface area (Å²) in [6, 6.07) is 1.87. The third kappa shape index (κ3) is 1.93. The number of aromatic nitrogens is 2. The van der Waals surface area contributed by atoms with Gasteiger partial charge in [0.15, 0.2) is 5.69 Å². The fourth-order valence-electron chi connectivity index (χ4n) is 1.32. The lowest BCUT2D eigenvalue weighted by Crippen LogP contribution is -2.06. The summed E-state index contributed by atoms with van der Waals surface area (Å²) in [6.07, 6.45) is -3.82. The second-order valence-electron chi connectivity index (χ2n) is 3.20. The average Bonchev–Trinajstić information content (AvgIpc) is 2.54. The molecule has 2 aromatic rings. The van der Waals surface area contributed by atoms with Crippen LogP contribution in [0.25, 0.3) is 5.65 Å². The number of alkyl halides is 3. The van der Waals surface area contributed by atoms with Gasteiger partial charge in [-0.05, 0) is 12.1 Å². The quantitative estimate of drug-likeness (QED) is 0.861. The first kappa shape index (κ1) is 11.7. The maximum atomic E-state index is 12.4. The molecule has 0 atom stereocenters. The zero-order valence-electron chi connectivity index (χ0n) is 7.99. The Morgan fingerprint density at radius 1 is 1.41 bits per heavy atom. The van der Waals surface area contributed by atoms with Crippen molar-refractivity contribution in [2.45, 2.75) is 6.18 Å². The molecule has 17 heavy (non-hydrogen) atoms. The smallest absolute Gasteiger partial charge is 0.417 e. The molecule has 0 saturated carbocycles. The fraction of sp³-hybridized carbons (Fsp3) is 0.111. The van der Waals surface area contributed by atoms with Gasteiger partial charge < -0.3 is 5.11 Å². The molecule has 0 saturated heterocycles. The average molecular weight is 265 g/mol. The van der Waals surface area contributed by atoms with E-state index in [1.54, 1.807) is 0 Å². The van der Waals surface area contributed by atoms with E-state index >= 15 is 0 Å². The van der Waals surface area contributed by atoms with Crippen LogP contribution >= 0.6 is 11.6 Å². The van der Waals surface area contributed by atoms with Gasteiger partial charge in [-0.15, -0.1) is 0 Å². The van der Waals surface area contributed by atoms with Crippen molar-refractivity contribution >= 4 is 23.2 Å². The Bertz CT molecular complexity index is 606. The van der Waals surface area contributed by atoms with Crippen molar-refractivity contribution in [2.75, 3.05) is 0 Å². The van der Waals surface area contributed by atoms with E-state index in [9.17, 15) is 18.0 Å². The van der Waals surface area contributed by atoms with Crippen LogP contribution in [0, 0.1) is 0 Å². The van der Waals surface area contributed by atoms with Crippen molar-refractivity contribution in [3.63, 3.8) is 0 Å². The van der Waals surface area contributed by atoms with E-state index in [1.807, 2.05) is 0 Å². The van der Waals surface area contributed by atoms with Gasteiger partial charge in [0.1, 0.15) is 10.8 Å². The van der Waals surface area contributed by atoms with Gasteiger partial charge in [0, 0.05) is 6.20 Å². The highest BCUT2D eigenvalue weighted by molar-refractivity contribution is 6.32. The summed E-state index contributed by atoms with van der Waals surface area (Å²) >= 11 is 5.63. The lowest BCUT2D eigenvalue weighted by atomic mass is 10.3. The minimum atomic E-state index is -4.52. The van der Waals surface area contributed by atoms with Gasteiger partial charge in [0.2, 0.25) is 0 Å². The van der Waals surface area contributed by atoms with Crippen LogP contribution in [0.1, 0.15) is 16.1 Å². The zero-order chi connectivity index (χ0) is 12.8. The van der Waals surface area contributed by atoms with E-state index in [-0.39, 0.29) is 10.8 Å². The summed E-state index contributed by atoms with van der Waals surface area (Å²) in [4.78, 5) is 14.3. The molecule has 90 valence electrons. The van der Waals surface area contributed by atoms with Crippen LogP contribution in [0.5, 0.6) is 0 Å². The van der Waals surface area contributed by atoms with Crippen LogP contribution in [0.3, 0.4) is 0 Å². The summed E-state index contributed by atoms with van der Waals surface area (Å²) in [7, 11) is 0. The monoisotopic (exact) mass is 264 g/mol. The molecule has 1 N–H and O–H groups in total. The van der Waals surface area contributed by atoms with Gasteiger partial charge >= 0.3 is 12.1 Å². The lowest BCUT2D eigenvalue weighted by molar-refractivity contribution is -0.137. The molecule has 0 radical (unpaired) electrons. The number of pyridine rings is 1. The van der Waals surface area contributed by atoms with Crippen molar-refractivity contribution in [1.82, 2.24) is 9.38 Å². The minimum Gasteiger partial charge on any atom is -0.476 e. The number of imidazole rings is 1. The van der Waals surface area contributed by atoms with Crippen LogP contribution in [0.2, 0.25) is 5.15 Å². The highest BCUT2D eigenvalue weighted by Gasteiger charge is 2.31. The number of halogens is 4. The van der Waals surface area contributed by atoms with E-state index in [1.165, 1.54) is 0 Å². The molecule has 4 nitrogen and oxygen atoms in total. The molecule has 2 rings (SSSR count). The Morgan fingerprint density at radius 3 is 2.59 bits per heavy atom. The Morgan fingerprint density at radius 2 is 2.06 bits per heavy atom. The molecule has 0 bridgehead atoms. The van der Waals surface area contributed by atoms with Crippen LogP contribution in [-0.4, -0.2) is 20.5 Å². The fourth-order valence-corrected chi connectivity index (χ4v) is 1.58. The SMILES string of the molecule is O=C(O)c1nc2ccc(C(F)(F)F)cn2c1Cl. The highest BCUT2D eigenvalue weighted by atomic mass is 35.5. The predicted molar refractivity (Wildman–Crippen MR) is 52.2 cm³/mol. The van der Waals surface area contributed by atoms with Crippen molar-refractivity contribution < 1.29 is 23.1 Å². The molecule has 0 amide bonds. The number of carboxylic acids is 1. The van der Waals surface area contributed by atoms with Crippen molar-refractivity contribution in [3.8, 4) is 0 Å². The first-order valence-electron chi connectivity index (χ1n) is 4.29. The van der Waals surface area contributed by atoms with Gasteiger partial charge in [-0.2, -0.15) is 13.2 Å². The third-order valence-electron chi connectivity index (χ3n) is 2.09. The second-order valence-corrected chi connectivity index (χ2v) is 3.56. The Hall–Kier alpha value is -1.76. The molecule has 0 spiro atoms. The molecule has 0 aromatic carbocycles. The predicted octanol–water partition coefficient (Wildman–Crippen LogP) is 2.70. The van der Waals surface area contributed by atoms with Gasteiger partial charge in [-0.3, -0.25) is 4.40 Å². The maximum Gasteiger partial charge on any atom is 0.417 e. The molecule has 8 heteroatoms. The van der Waals surface area contributed by atoms with Gasteiger partial charge in [-0.25, -0.2) is 9.78 Å². The molecule has 2 heterocycles. The van der Waals surface area contributed by atoms with E-state index in [4.69, 9.17) is 16.7 Å². The number of carboxylic acid groups (broad SMARTS) is 1. The first-order chi connectivity index (χ1) is 7.80. The van der Waals surface area contributed by atoms with Crippen molar-refractivity contribution in [1.29, 1.82) is 0 Å². The molecule has 0 aliphatic rings. The first-order valence-corrected chi connectivity index (χ1v) is 4.66. The van der Waals surface area contributed by atoms with E-state index in [2.05, 4.69) is 4.98 Å². The van der Waals surface area contributed by atoms with Gasteiger partial charge in [-0.1, -0.05) is 11.6 Å². The largest absolute Gasteiger partial charge is 0.476 e. The van der Waals surface area contributed by atoms with Gasteiger partial charge in [0.05, 0.1) is 5.56 Å². The van der Waals surface area contributed by atoms with Crippen molar-refractivity contribution in [2.24, 2.45) is 0 Å². The van der Waals surface area contributed by atoms with Crippen LogP contribution in [0.4, 0.5) is 13.2 Å². The number of hydrogen-bond acceptors (Lipinski definition) is 2. The number of nitrogens with zero attached hydrogens (tertiary/aromatic N) is 2. The molecule has 0 aliphatic carbocycles. The van der Waals surface area contributed by atoms with Gasteiger partial charge in [0.25, 0.3) is 0 Å². The third-order valence-corrected chi connectivity index (χ3v) is 2.45. The van der Waals surface area contributed by atoms with E-state index in [0.717, 1.165) is 16.5 Å².